The second-order valence-electron chi connectivity index (χ2n) is 31.0. The normalized spacial score (nSPS) is 14.9. The summed E-state index contributed by atoms with van der Waals surface area (Å²) in [6.07, 6.45) is 5.50. The highest BCUT2D eigenvalue weighted by Crippen LogP contribution is 2.52. The zero-order chi connectivity index (χ0) is 59.6. The molecule has 5 aromatic carbocycles. The quantitative estimate of drug-likeness (QED) is 0.124. The van der Waals surface area contributed by atoms with Crippen LogP contribution in [-0.4, -0.2) is 0 Å². The van der Waals surface area contributed by atoms with Crippen molar-refractivity contribution in [3.8, 4) is 28.4 Å². The lowest BCUT2D eigenvalue weighted by Crippen LogP contribution is -2.21. The van der Waals surface area contributed by atoms with Crippen LogP contribution < -0.4 is 24.2 Å². The Balaban J connectivity index is 1.48. The molecule has 79 heavy (non-hydrogen) atoms. The van der Waals surface area contributed by atoms with Gasteiger partial charge in [-0.25, -0.2) is 0 Å². The minimum absolute atomic E-state index is 0.00915. The summed E-state index contributed by atoms with van der Waals surface area (Å²) in [7, 11) is -3.32. The Morgan fingerprint density at radius 2 is 0.620 bits per heavy atom. The van der Waals surface area contributed by atoms with Gasteiger partial charge in [0.25, 0.3) is 0 Å². The topological polar surface area (TPSA) is 36.9 Å². The molecule has 428 valence electrons. The molecule has 0 amide bonds. The highest BCUT2D eigenvalue weighted by molar-refractivity contribution is 7.57. The van der Waals surface area contributed by atoms with Gasteiger partial charge in [-0.15, -0.1) is 0 Å². The van der Waals surface area contributed by atoms with E-state index in [1.807, 2.05) is 0 Å². The summed E-state index contributed by atoms with van der Waals surface area (Å²) < 4.78 is 29.5. The van der Waals surface area contributed by atoms with Crippen LogP contribution >= 0.6 is 16.8 Å². The molecule has 0 spiro atoms. The lowest BCUT2D eigenvalue weighted by Gasteiger charge is -2.32. The van der Waals surface area contributed by atoms with Gasteiger partial charge in [0.15, 0.2) is 0 Å². The van der Waals surface area contributed by atoms with E-state index >= 15 is 0 Å². The predicted molar refractivity (Wildman–Crippen MR) is 346 cm³/mol. The van der Waals surface area contributed by atoms with Crippen molar-refractivity contribution in [2.24, 2.45) is 10.8 Å². The average Bonchev–Trinajstić information content (AvgIpc) is 3.49. The van der Waals surface area contributed by atoms with Crippen LogP contribution in [0.4, 0.5) is 0 Å². The van der Waals surface area contributed by atoms with Crippen LogP contribution in [0.15, 0.2) is 120 Å². The second-order valence-corrected chi connectivity index (χ2v) is 33.7. The molecule has 0 saturated carbocycles. The molecule has 0 aromatic heterocycles. The molecular formula is C73H102O4P2. The van der Waals surface area contributed by atoms with Crippen molar-refractivity contribution in [1.82, 2.24) is 0 Å². The van der Waals surface area contributed by atoms with Gasteiger partial charge in [-0.3, -0.25) is 0 Å². The van der Waals surface area contributed by atoms with E-state index in [2.05, 4.69) is 291 Å². The molecule has 0 saturated heterocycles. The summed E-state index contributed by atoms with van der Waals surface area (Å²) in [5, 5.41) is 2.00. The fraction of sp³-hybridized carbons (Fsp3) is 0.507. The molecule has 0 radical (unpaired) electrons. The van der Waals surface area contributed by atoms with Crippen LogP contribution in [0.2, 0.25) is 0 Å². The molecule has 1 aliphatic rings. The van der Waals surface area contributed by atoms with Crippen LogP contribution in [0, 0.1) is 31.6 Å². The standard InChI is InChI=1S/C73H102O4P2/c1-46-39-62(55(67(8,9)10)38-37-54(46)66(5,6)7)74-78(75-63-40-47(2)56(68(11,12)13)43-59(63)71(20,21)22)52-33-29-50(30-34-52)51-31-35-53(36-32-51)79(76-64-41-48(3)57(69(14,15)16)44-60(64)72(23,24)25)77-65-42-49(4)58(70(17,18)19)45-61(65)73(26,27)28/h29-37,39-45H,38H2,1-28H3. The van der Waals surface area contributed by atoms with E-state index < -0.39 is 16.8 Å². The maximum atomic E-state index is 7.43. The molecule has 0 bridgehead atoms. The smallest absolute Gasteiger partial charge is 0.326 e. The fourth-order valence-electron chi connectivity index (χ4n) is 11.1. The maximum absolute atomic E-state index is 7.43. The third kappa shape index (κ3) is 15.3. The first-order valence-electron chi connectivity index (χ1n) is 29.0. The first-order valence-corrected chi connectivity index (χ1v) is 31.3. The summed E-state index contributed by atoms with van der Waals surface area (Å²) in [6, 6.07) is 31.6. The number of hydrogen-bond acceptors (Lipinski definition) is 4. The number of allylic oxidation sites excluding steroid dienone is 5. The van der Waals surface area contributed by atoms with Crippen molar-refractivity contribution >= 4 is 27.4 Å². The van der Waals surface area contributed by atoms with Gasteiger partial charge in [-0.2, -0.15) is 0 Å². The van der Waals surface area contributed by atoms with Crippen LogP contribution in [0.25, 0.3) is 11.1 Å². The van der Waals surface area contributed by atoms with Gasteiger partial charge in [0.1, 0.15) is 23.0 Å². The van der Waals surface area contributed by atoms with Gasteiger partial charge in [-0.1, -0.05) is 215 Å². The van der Waals surface area contributed by atoms with Gasteiger partial charge >= 0.3 is 16.8 Å². The van der Waals surface area contributed by atoms with E-state index in [9.17, 15) is 0 Å². The number of hydrogen-bond donors (Lipinski definition) is 0. The molecule has 1 unspecified atom stereocenters. The number of aryl methyl sites for hydroxylation is 3. The van der Waals surface area contributed by atoms with Gasteiger partial charge in [-0.05, 0) is 187 Å². The summed E-state index contributed by atoms with van der Waals surface area (Å²) in [5.74, 6) is 3.50. The fourth-order valence-corrected chi connectivity index (χ4v) is 13.7. The van der Waals surface area contributed by atoms with Crippen molar-refractivity contribution in [3.05, 3.63) is 170 Å². The monoisotopic (exact) mass is 1100 g/mol. The van der Waals surface area contributed by atoms with E-state index in [4.69, 9.17) is 18.1 Å². The minimum Gasteiger partial charge on any atom is -0.435 e. The molecular weight excluding hydrogens is 1000 g/mol. The molecule has 6 rings (SSSR count). The SMILES string of the molecule is CC1=CC(OP(Oc2cc(C)c(C(C)(C)C)cc2C(C)(C)C)c2ccc(-c3ccc(P(Oc4cc(C)c(C(C)(C)C)cc4C(C)(C)C)Oc4cc(C)c(C(C)(C)C)cc4C(C)(C)C)cc3)cc2)=C(C(C)(C)C)CC=C1C(C)(C)C. The van der Waals surface area contributed by atoms with Crippen molar-refractivity contribution in [3.63, 3.8) is 0 Å². The van der Waals surface area contributed by atoms with Crippen LogP contribution in [-0.2, 0) is 37.0 Å². The second kappa shape index (κ2) is 22.6. The largest absolute Gasteiger partial charge is 0.435 e. The van der Waals surface area contributed by atoms with Crippen molar-refractivity contribution in [2.75, 3.05) is 0 Å². The van der Waals surface area contributed by atoms with E-state index in [-0.39, 0.29) is 43.3 Å². The maximum Gasteiger partial charge on any atom is 0.326 e. The van der Waals surface area contributed by atoms with Crippen LogP contribution in [0.5, 0.6) is 17.2 Å². The van der Waals surface area contributed by atoms with E-state index in [1.165, 1.54) is 66.8 Å². The highest BCUT2D eigenvalue weighted by Gasteiger charge is 2.34. The third-order valence-corrected chi connectivity index (χ3v) is 18.2. The van der Waals surface area contributed by atoms with Crippen molar-refractivity contribution < 1.29 is 18.1 Å². The Bertz CT molecular complexity index is 3020. The van der Waals surface area contributed by atoms with Crippen molar-refractivity contribution in [1.29, 1.82) is 0 Å². The Kier molecular flexibility index (Phi) is 18.2. The molecule has 1 aliphatic carbocycles. The van der Waals surface area contributed by atoms with E-state index in [0.717, 1.165) is 51.2 Å². The Labute approximate surface area is 484 Å². The number of benzene rings is 5. The van der Waals surface area contributed by atoms with E-state index in [0.29, 0.717) is 0 Å². The van der Waals surface area contributed by atoms with Crippen molar-refractivity contribution in [2.45, 2.75) is 233 Å². The Morgan fingerprint density at radius 3 is 0.886 bits per heavy atom. The third-order valence-electron chi connectivity index (χ3n) is 15.3. The molecule has 0 heterocycles. The summed E-state index contributed by atoms with van der Waals surface area (Å²) >= 11 is 0. The molecule has 5 aromatic rings. The zero-order valence-electron chi connectivity index (χ0n) is 54.5. The molecule has 0 N–H and O–H groups in total. The van der Waals surface area contributed by atoms with Gasteiger partial charge in [0.05, 0.1) is 10.6 Å². The first kappa shape index (κ1) is 63.6. The lowest BCUT2D eigenvalue weighted by molar-refractivity contribution is 0.390. The Hall–Kier alpha value is -4.62. The van der Waals surface area contributed by atoms with E-state index in [1.54, 1.807) is 0 Å². The molecule has 4 nitrogen and oxygen atoms in total. The van der Waals surface area contributed by atoms with Crippen LogP contribution in [0.1, 0.15) is 230 Å². The predicted octanol–water partition coefficient (Wildman–Crippen LogP) is 21.8. The van der Waals surface area contributed by atoms with Gasteiger partial charge in [0.2, 0.25) is 0 Å². The van der Waals surface area contributed by atoms with Crippen LogP contribution in [0.3, 0.4) is 0 Å². The Morgan fingerprint density at radius 1 is 0.329 bits per heavy atom. The first-order chi connectivity index (χ1) is 35.8. The summed E-state index contributed by atoms with van der Waals surface area (Å²) in [4.78, 5) is 0. The molecule has 6 heteroatoms. The molecule has 0 fully saturated rings. The zero-order valence-corrected chi connectivity index (χ0v) is 56.3. The number of rotatable bonds is 11. The molecule has 0 aliphatic heterocycles. The average molecular weight is 1110 g/mol. The summed E-state index contributed by atoms with van der Waals surface area (Å²) in [5.41, 5.74) is 16.5. The van der Waals surface area contributed by atoms with Gasteiger partial charge < -0.3 is 18.1 Å². The highest BCUT2D eigenvalue weighted by atomic mass is 31.2. The van der Waals surface area contributed by atoms with Gasteiger partial charge in [0, 0.05) is 16.7 Å². The summed E-state index contributed by atoms with van der Waals surface area (Å²) in [6.45, 7) is 63.8. The lowest BCUT2D eigenvalue weighted by atomic mass is 9.78. The minimum atomic E-state index is -1.66. The molecule has 1 atom stereocenters.